The number of phenols is 1. The molecule has 0 bridgehead atoms. The molecule has 0 aliphatic rings. The van der Waals surface area contributed by atoms with Crippen LogP contribution < -0.4 is 0 Å². The van der Waals surface area contributed by atoms with E-state index in [1.807, 2.05) is 39.8 Å². The fourth-order valence-electron chi connectivity index (χ4n) is 4.40. The average Bonchev–Trinajstić information content (AvgIpc) is 2.78. The van der Waals surface area contributed by atoms with Gasteiger partial charge in [-0.3, -0.25) is 0 Å². The van der Waals surface area contributed by atoms with Crippen LogP contribution in [-0.4, -0.2) is 15.8 Å². The van der Waals surface area contributed by atoms with Gasteiger partial charge in [0.25, 0.3) is 0 Å². The molecule has 0 aliphatic carbocycles. The molecule has 0 radical (unpaired) electrons. The van der Waals surface area contributed by atoms with Crippen LogP contribution in [0.2, 0.25) is 0 Å². The summed E-state index contributed by atoms with van der Waals surface area (Å²) in [6.07, 6.45) is 8.50. The molecule has 0 saturated carbocycles. The van der Waals surface area contributed by atoms with E-state index >= 15 is 0 Å². The first-order valence-electron chi connectivity index (χ1n) is 12.1. The van der Waals surface area contributed by atoms with E-state index in [9.17, 15) is 10.2 Å². The summed E-state index contributed by atoms with van der Waals surface area (Å²) in [4.78, 5) is 0. The molecular formula is C29H44O2. The van der Waals surface area contributed by atoms with Crippen LogP contribution in [0.5, 0.6) is 5.75 Å². The lowest BCUT2D eigenvalue weighted by Gasteiger charge is -2.34. The predicted molar refractivity (Wildman–Crippen MR) is 136 cm³/mol. The summed E-state index contributed by atoms with van der Waals surface area (Å²) in [5.41, 5.74) is 5.05. The molecule has 31 heavy (non-hydrogen) atoms. The van der Waals surface area contributed by atoms with E-state index in [4.69, 9.17) is 0 Å². The Morgan fingerprint density at radius 3 is 1.81 bits per heavy atom. The van der Waals surface area contributed by atoms with Crippen molar-refractivity contribution in [1.82, 2.24) is 0 Å². The Kier molecular flexibility index (Phi) is 10.5. The normalized spacial score (nSPS) is 13.6. The maximum Gasteiger partial charge on any atom is 0.118 e. The van der Waals surface area contributed by atoms with Gasteiger partial charge in [-0.2, -0.15) is 0 Å². The van der Waals surface area contributed by atoms with Crippen LogP contribution in [0, 0.1) is 13.8 Å². The molecule has 0 fully saturated rings. The summed E-state index contributed by atoms with van der Waals surface area (Å²) in [7, 11) is 0. The number of rotatable bonds is 9. The molecule has 2 aromatic carbocycles. The lowest BCUT2D eigenvalue weighted by Crippen LogP contribution is -2.26. The number of benzene rings is 2. The van der Waals surface area contributed by atoms with E-state index < -0.39 is 5.60 Å². The molecule has 0 saturated heterocycles. The first-order valence-corrected chi connectivity index (χ1v) is 12.1. The third kappa shape index (κ3) is 6.23. The number of hydrogen-bond donors (Lipinski definition) is 2. The molecule has 0 heterocycles. The summed E-state index contributed by atoms with van der Waals surface area (Å²) in [5, 5.41) is 20.7. The highest BCUT2D eigenvalue weighted by atomic mass is 16.3. The monoisotopic (exact) mass is 424 g/mol. The third-order valence-electron chi connectivity index (χ3n) is 6.65. The molecule has 1 atom stereocenters. The van der Waals surface area contributed by atoms with Crippen molar-refractivity contribution in [2.24, 2.45) is 0 Å². The second kappa shape index (κ2) is 12.1. The van der Waals surface area contributed by atoms with Gasteiger partial charge in [0.2, 0.25) is 0 Å². The number of aromatic hydroxyl groups is 1. The van der Waals surface area contributed by atoms with Gasteiger partial charge in [0, 0.05) is 5.41 Å². The van der Waals surface area contributed by atoms with Crippen LogP contribution in [0.25, 0.3) is 6.08 Å². The Labute approximate surface area is 191 Å². The maximum atomic E-state index is 10.7. The Hall–Kier alpha value is -2.06. The van der Waals surface area contributed by atoms with Crippen molar-refractivity contribution in [2.45, 2.75) is 98.5 Å². The van der Waals surface area contributed by atoms with Crippen molar-refractivity contribution in [3.8, 4) is 5.75 Å². The first kappa shape index (κ1) is 27.0. The third-order valence-corrected chi connectivity index (χ3v) is 6.65. The molecule has 2 N–H and O–H groups in total. The van der Waals surface area contributed by atoms with Crippen molar-refractivity contribution >= 4 is 6.08 Å². The highest BCUT2D eigenvalue weighted by molar-refractivity contribution is 5.57. The van der Waals surface area contributed by atoms with Crippen LogP contribution in [-0.2, 0) is 5.41 Å². The topological polar surface area (TPSA) is 40.5 Å². The van der Waals surface area contributed by atoms with E-state index in [-0.39, 0.29) is 5.41 Å². The number of phenolic OH excluding ortho intramolecular Hbond substituents is 1. The second-order valence-corrected chi connectivity index (χ2v) is 8.40. The van der Waals surface area contributed by atoms with Gasteiger partial charge in [-0.25, -0.2) is 0 Å². The quantitative estimate of drug-likeness (QED) is 0.427. The number of hydrogen-bond acceptors (Lipinski definition) is 2. The molecule has 2 heteroatoms. The fourth-order valence-corrected chi connectivity index (χ4v) is 4.40. The van der Waals surface area contributed by atoms with E-state index in [1.54, 1.807) is 0 Å². The Balaban J connectivity index is 0.00000233. The van der Waals surface area contributed by atoms with Crippen molar-refractivity contribution < 1.29 is 10.2 Å². The summed E-state index contributed by atoms with van der Waals surface area (Å²) < 4.78 is 0. The first-order chi connectivity index (χ1) is 14.7. The van der Waals surface area contributed by atoms with Crippen LogP contribution >= 0.6 is 0 Å². The Morgan fingerprint density at radius 2 is 1.35 bits per heavy atom. The smallest absolute Gasteiger partial charge is 0.118 e. The minimum atomic E-state index is -0.722. The molecule has 172 valence electrons. The molecule has 0 aromatic heterocycles. The zero-order valence-electron chi connectivity index (χ0n) is 21.0. The molecule has 1 unspecified atom stereocenters. The standard InChI is InChI=1S/C27H38O2.C2H6/c1-7-16-26(29,8-2)17-15-22-11-12-23(18-20(22)5)27(9-3,10-4)24-13-14-25(28)21(6)19-24;1-2/h11-15,17-19,28-29H,7-10,16H2,1-6H3;1-2H3/b17-15+;. The lowest BCUT2D eigenvalue weighted by molar-refractivity contribution is 0.0775. The molecular weight excluding hydrogens is 380 g/mol. The van der Waals surface area contributed by atoms with Gasteiger partial charge in [0.15, 0.2) is 0 Å². The number of aliphatic hydroxyl groups is 1. The van der Waals surface area contributed by atoms with Crippen LogP contribution in [0.3, 0.4) is 0 Å². The van der Waals surface area contributed by atoms with Crippen molar-refractivity contribution in [3.05, 3.63) is 70.3 Å². The fraction of sp³-hybridized carbons (Fsp3) is 0.517. The predicted octanol–water partition coefficient (Wildman–Crippen LogP) is 8.10. The maximum absolute atomic E-state index is 10.7. The Bertz CT molecular complexity index is 846. The van der Waals surface area contributed by atoms with Crippen LogP contribution in [0.1, 0.15) is 101 Å². The average molecular weight is 425 g/mol. The summed E-state index contributed by atoms with van der Waals surface area (Å²) in [6.45, 7) is 16.7. The van der Waals surface area contributed by atoms with Gasteiger partial charge < -0.3 is 10.2 Å². The number of aryl methyl sites for hydroxylation is 2. The largest absolute Gasteiger partial charge is 0.508 e. The van der Waals surface area contributed by atoms with E-state index in [0.29, 0.717) is 5.75 Å². The molecule has 0 aliphatic heterocycles. The highest BCUT2D eigenvalue weighted by Crippen LogP contribution is 2.40. The van der Waals surface area contributed by atoms with Crippen molar-refractivity contribution in [1.29, 1.82) is 0 Å². The van der Waals surface area contributed by atoms with E-state index in [2.05, 4.69) is 64.1 Å². The highest BCUT2D eigenvalue weighted by Gasteiger charge is 2.31. The lowest BCUT2D eigenvalue weighted by atomic mass is 9.70. The van der Waals surface area contributed by atoms with Crippen molar-refractivity contribution in [3.63, 3.8) is 0 Å². The Morgan fingerprint density at radius 1 is 0.806 bits per heavy atom. The summed E-state index contributed by atoms with van der Waals surface area (Å²) in [6, 6.07) is 12.7. The molecule has 2 rings (SSSR count). The molecule has 2 aromatic rings. The van der Waals surface area contributed by atoms with E-state index in [1.165, 1.54) is 16.7 Å². The van der Waals surface area contributed by atoms with Gasteiger partial charge in [0.1, 0.15) is 5.75 Å². The van der Waals surface area contributed by atoms with Gasteiger partial charge in [-0.15, -0.1) is 0 Å². The van der Waals surface area contributed by atoms with Gasteiger partial charge in [-0.1, -0.05) is 90.4 Å². The van der Waals surface area contributed by atoms with Gasteiger partial charge >= 0.3 is 0 Å². The van der Waals surface area contributed by atoms with Crippen LogP contribution in [0.15, 0.2) is 42.5 Å². The van der Waals surface area contributed by atoms with E-state index in [0.717, 1.165) is 43.2 Å². The zero-order valence-corrected chi connectivity index (χ0v) is 21.0. The zero-order chi connectivity index (χ0) is 23.7. The minimum absolute atomic E-state index is 0.0716. The molecule has 0 spiro atoms. The summed E-state index contributed by atoms with van der Waals surface area (Å²) in [5.74, 6) is 0.349. The van der Waals surface area contributed by atoms with Crippen molar-refractivity contribution in [2.75, 3.05) is 0 Å². The SMILES string of the molecule is CC.CCCC(O)(/C=C/c1ccc(C(CC)(CC)c2ccc(O)c(C)c2)cc1C)CC. The molecule has 2 nitrogen and oxygen atoms in total. The van der Waals surface area contributed by atoms with Gasteiger partial charge in [-0.05, 0) is 73.4 Å². The van der Waals surface area contributed by atoms with Gasteiger partial charge in [0.05, 0.1) is 5.60 Å². The summed E-state index contributed by atoms with van der Waals surface area (Å²) >= 11 is 0. The second-order valence-electron chi connectivity index (χ2n) is 8.40. The van der Waals surface area contributed by atoms with Crippen LogP contribution in [0.4, 0.5) is 0 Å². The molecule has 0 amide bonds. The minimum Gasteiger partial charge on any atom is -0.508 e.